The number of carbonyl (C=O) groups is 1. The molecule has 0 spiro atoms. The van der Waals surface area contributed by atoms with Crippen LogP contribution >= 0.6 is 0 Å². The molecule has 1 fully saturated rings. The molecule has 2 aromatic carbocycles. The minimum Gasteiger partial charge on any atom is -0.496 e. The van der Waals surface area contributed by atoms with Gasteiger partial charge in [0, 0.05) is 24.2 Å². The molecule has 1 saturated heterocycles. The normalized spacial score (nSPS) is 14.7. The summed E-state index contributed by atoms with van der Waals surface area (Å²) < 4.78 is 16.7. The topological polar surface area (TPSA) is 48.0 Å². The van der Waals surface area contributed by atoms with E-state index in [1.807, 2.05) is 47.4 Å². The average molecular weight is 369 g/mol. The first-order valence-electron chi connectivity index (χ1n) is 9.34. The van der Waals surface area contributed by atoms with Gasteiger partial charge in [-0.2, -0.15) is 0 Å². The van der Waals surface area contributed by atoms with Gasteiger partial charge in [-0.25, -0.2) is 0 Å². The molecular weight excluding hydrogens is 342 g/mol. The predicted molar refractivity (Wildman–Crippen MR) is 105 cm³/mol. The van der Waals surface area contributed by atoms with E-state index in [-0.39, 0.29) is 5.91 Å². The number of likely N-dealkylation sites (tertiary alicyclic amines) is 1. The third kappa shape index (κ3) is 4.54. The van der Waals surface area contributed by atoms with Crippen LogP contribution in [0.25, 0.3) is 0 Å². The molecule has 0 saturated carbocycles. The van der Waals surface area contributed by atoms with Crippen molar-refractivity contribution in [3.05, 3.63) is 53.6 Å². The first-order valence-corrected chi connectivity index (χ1v) is 9.34. The van der Waals surface area contributed by atoms with Gasteiger partial charge in [0.2, 0.25) is 0 Å². The number of para-hydroxylation sites is 2. The van der Waals surface area contributed by atoms with Gasteiger partial charge in [0.25, 0.3) is 5.91 Å². The van der Waals surface area contributed by atoms with Crippen molar-refractivity contribution in [1.29, 1.82) is 0 Å². The Morgan fingerprint density at radius 1 is 1.00 bits per heavy atom. The molecule has 0 aromatic heterocycles. The van der Waals surface area contributed by atoms with Crippen molar-refractivity contribution in [3.63, 3.8) is 0 Å². The van der Waals surface area contributed by atoms with E-state index in [9.17, 15) is 4.79 Å². The third-order valence-electron chi connectivity index (χ3n) is 5.05. The second-order valence-corrected chi connectivity index (χ2v) is 6.94. The SMILES string of the molecule is COc1ccc(C(=O)N2CCC(C)CC2)cc1COc1ccccc1OC. The van der Waals surface area contributed by atoms with Gasteiger partial charge in [0.1, 0.15) is 12.4 Å². The molecule has 144 valence electrons. The highest BCUT2D eigenvalue weighted by Gasteiger charge is 2.22. The summed E-state index contributed by atoms with van der Waals surface area (Å²) in [5, 5.41) is 0. The monoisotopic (exact) mass is 369 g/mol. The number of nitrogens with zero attached hydrogens (tertiary/aromatic N) is 1. The summed E-state index contributed by atoms with van der Waals surface area (Å²) in [6.07, 6.45) is 2.12. The Bertz CT molecular complexity index is 782. The highest BCUT2D eigenvalue weighted by Crippen LogP contribution is 2.29. The van der Waals surface area contributed by atoms with Crippen molar-refractivity contribution in [2.75, 3.05) is 27.3 Å². The van der Waals surface area contributed by atoms with Gasteiger partial charge in [-0.15, -0.1) is 0 Å². The lowest BCUT2D eigenvalue weighted by atomic mass is 9.98. The molecule has 3 rings (SSSR count). The van der Waals surface area contributed by atoms with Crippen molar-refractivity contribution < 1.29 is 19.0 Å². The molecule has 1 aliphatic heterocycles. The van der Waals surface area contributed by atoms with Crippen molar-refractivity contribution >= 4 is 5.91 Å². The maximum absolute atomic E-state index is 12.9. The van der Waals surface area contributed by atoms with E-state index in [2.05, 4.69) is 6.92 Å². The second-order valence-electron chi connectivity index (χ2n) is 6.94. The molecule has 2 aromatic rings. The molecule has 5 heteroatoms. The molecule has 1 heterocycles. The Morgan fingerprint density at radius 3 is 2.33 bits per heavy atom. The molecule has 1 amide bonds. The van der Waals surface area contributed by atoms with Crippen LogP contribution in [0.5, 0.6) is 17.2 Å². The van der Waals surface area contributed by atoms with E-state index in [0.29, 0.717) is 35.3 Å². The van der Waals surface area contributed by atoms with Gasteiger partial charge < -0.3 is 19.1 Å². The number of benzene rings is 2. The van der Waals surface area contributed by atoms with Crippen LogP contribution in [0.1, 0.15) is 35.7 Å². The molecule has 0 aliphatic carbocycles. The lowest BCUT2D eigenvalue weighted by Gasteiger charge is -2.30. The Balaban J connectivity index is 1.76. The van der Waals surface area contributed by atoms with Crippen LogP contribution < -0.4 is 14.2 Å². The first-order chi connectivity index (χ1) is 13.1. The van der Waals surface area contributed by atoms with Crippen molar-refractivity contribution in [3.8, 4) is 17.2 Å². The van der Waals surface area contributed by atoms with Crippen molar-refractivity contribution in [2.24, 2.45) is 5.92 Å². The fourth-order valence-corrected chi connectivity index (χ4v) is 3.31. The summed E-state index contributed by atoms with van der Waals surface area (Å²) in [4.78, 5) is 14.8. The summed E-state index contributed by atoms with van der Waals surface area (Å²) in [6.45, 7) is 4.17. The largest absolute Gasteiger partial charge is 0.496 e. The van der Waals surface area contributed by atoms with E-state index < -0.39 is 0 Å². The zero-order valence-corrected chi connectivity index (χ0v) is 16.2. The number of amides is 1. The van der Waals surface area contributed by atoms with Crippen LogP contribution in [0.15, 0.2) is 42.5 Å². The lowest BCUT2D eigenvalue weighted by molar-refractivity contribution is 0.0697. The summed E-state index contributed by atoms with van der Waals surface area (Å²) >= 11 is 0. The summed E-state index contributed by atoms with van der Waals surface area (Å²) in [6, 6.07) is 13.0. The smallest absolute Gasteiger partial charge is 0.253 e. The number of ether oxygens (including phenoxy) is 3. The van der Waals surface area contributed by atoms with Gasteiger partial charge in [0.15, 0.2) is 11.5 Å². The van der Waals surface area contributed by atoms with Crippen molar-refractivity contribution in [1.82, 2.24) is 4.90 Å². The van der Waals surface area contributed by atoms with Crippen LogP contribution in [0, 0.1) is 5.92 Å². The fourth-order valence-electron chi connectivity index (χ4n) is 3.31. The third-order valence-corrected chi connectivity index (χ3v) is 5.05. The average Bonchev–Trinajstić information content (AvgIpc) is 2.72. The number of carbonyl (C=O) groups excluding carboxylic acids is 1. The minimum atomic E-state index is 0.0723. The Kier molecular flexibility index (Phi) is 6.22. The van der Waals surface area contributed by atoms with Crippen LogP contribution in [0.4, 0.5) is 0 Å². The van der Waals surface area contributed by atoms with Crippen LogP contribution in [-0.2, 0) is 6.61 Å². The molecule has 1 aliphatic rings. The molecule has 0 radical (unpaired) electrons. The van der Waals surface area contributed by atoms with E-state index in [1.54, 1.807) is 14.2 Å². The highest BCUT2D eigenvalue weighted by molar-refractivity contribution is 5.94. The quantitative estimate of drug-likeness (QED) is 0.767. The molecule has 5 nitrogen and oxygen atoms in total. The maximum Gasteiger partial charge on any atom is 0.253 e. The van der Waals surface area contributed by atoms with Crippen LogP contribution in [-0.4, -0.2) is 38.1 Å². The second kappa shape index (κ2) is 8.80. The van der Waals surface area contributed by atoms with Gasteiger partial charge >= 0.3 is 0 Å². The minimum absolute atomic E-state index is 0.0723. The van der Waals surface area contributed by atoms with Crippen LogP contribution in [0.2, 0.25) is 0 Å². The highest BCUT2D eigenvalue weighted by atomic mass is 16.5. The first kappa shape index (κ1) is 19.1. The van der Waals surface area contributed by atoms with Gasteiger partial charge in [-0.1, -0.05) is 19.1 Å². The van der Waals surface area contributed by atoms with Gasteiger partial charge in [0.05, 0.1) is 14.2 Å². The molecule has 27 heavy (non-hydrogen) atoms. The Labute approximate surface area is 160 Å². The molecule has 0 unspecified atom stereocenters. The standard InChI is InChI=1S/C22H27NO4/c1-16-10-12-23(13-11-16)22(24)17-8-9-19(25-2)18(14-17)15-27-21-7-5-4-6-20(21)26-3/h4-9,14,16H,10-13,15H2,1-3H3. The van der Waals surface area contributed by atoms with Gasteiger partial charge in [-0.3, -0.25) is 4.79 Å². The number of methoxy groups -OCH3 is 2. The molecule has 0 N–H and O–H groups in total. The fraction of sp³-hybridized carbons (Fsp3) is 0.409. The predicted octanol–water partition coefficient (Wildman–Crippen LogP) is 4.15. The van der Waals surface area contributed by atoms with E-state index in [1.165, 1.54) is 0 Å². The number of piperidine rings is 1. The number of rotatable bonds is 6. The van der Waals surface area contributed by atoms with E-state index in [0.717, 1.165) is 31.5 Å². The molecule has 0 bridgehead atoms. The van der Waals surface area contributed by atoms with Gasteiger partial charge in [-0.05, 0) is 49.1 Å². The summed E-state index contributed by atoms with van der Waals surface area (Å²) in [7, 11) is 3.23. The maximum atomic E-state index is 12.9. The molecular formula is C22H27NO4. The number of hydrogen-bond acceptors (Lipinski definition) is 4. The Hall–Kier alpha value is -2.69. The molecule has 0 atom stereocenters. The van der Waals surface area contributed by atoms with E-state index >= 15 is 0 Å². The summed E-state index contributed by atoms with van der Waals surface area (Å²) in [5.41, 5.74) is 1.50. The van der Waals surface area contributed by atoms with E-state index in [4.69, 9.17) is 14.2 Å². The number of hydrogen-bond donors (Lipinski definition) is 0. The lowest BCUT2D eigenvalue weighted by Crippen LogP contribution is -2.37. The van der Waals surface area contributed by atoms with Crippen molar-refractivity contribution in [2.45, 2.75) is 26.4 Å². The summed E-state index contributed by atoms with van der Waals surface area (Å²) in [5.74, 6) is 2.79. The van der Waals surface area contributed by atoms with Crippen LogP contribution in [0.3, 0.4) is 0 Å². The zero-order chi connectivity index (χ0) is 19.2. The zero-order valence-electron chi connectivity index (χ0n) is 16.2. The Morgan fingerprint density at radius 2 is 1.67 bits per heavy atom.